The van der Waals surface area contributed by atoms with E-state index >= 15 is 0 Å². The molecule has 0 saturated carbocycles. The number of alkyl halides is 3. The van der Waals surface area contributed by atoms with Crippen molar-refractivity contribution >= 4 is 34.5 Å². The molecule has 0 saturated heterocycles. The van der Waals surface area contributed by atoms with Crippen LogP contribution in [-0.4, -0.2) is 41.1 Å². The zero-order chi connectivity index (χ0) is 30.3. The van der Waals surface area contributed by atoms with Crippen LogP contribution in [0.1, 0.15) is 81.8 Å². The highest BCUT2D eigenvalue weighted by atomic mass is 32.2. The molecule has 0 aliphatic carbocycles. The van der Waals surface area contributed by atoms with E-state index in [1.165, 1.54) is 18.2 Å². The summed E-state index contributed by atoms with van der Waals surface area (Å²) in [7, 11) is -2.21. The molecule has 2 aromatic carbocycles. The van der Waals surface area contributed by atoms with Gasteiger partial charge in [-0.25, -0.2) is 13.8 Å². The van der Waals surface area contributed by atoms with Gasteiger partial charge in [-0.15, -0.1) is 0 Å². The molecular weight excluding hydrogens is 551 g/mol. The lowest BCUT2D eigenvalue weighted by atomic mass is 9.89. The number of anilines is 1. The lowest BCUT2D eigenvalue weighted by molar-refractivity contribution is -0.145. The molecule has 0 aromatic heterocycles. The highest BCUT2D eigenvalue weighted by molar-refractivity contribution is 7.85. The Morgan fingerprint density at radius 1 is 0.950 bits per heavy atom. The smallest absolute Gasteiger partial charge is 0.416 e. The summed E-state index contributed by atoms with van der Waals surface area (Å²) >= 11 is 0. The third kappa shape index (κ3) is 8.80. The summed E-state index contributed by atoms with van der Waals surface area (Å²) in [6, 6.07) is 6.50. The van der Waals surface area contributed by atoms with Crippen molar-refractivity contribution in [3.05, 3.63) is 53.1 Å². The number of rotatable bonds is 10. The van der Waals surface area contributed by atoms with Crippen molar-refractivity contribution in [1.29, 1.82) is 0 Å². The number of nitrogens with one attached hydrogen (secondary N) is 1. The van der Waals surface area contributed by atoms with Gasteiger partial charge in [0.15, 0.2) is 0 Å². The normalized spacial score (nSPS) is 13.2. The second-order valence-electron chi connectivity index (χ2n) is 9.67. The Kier molecular flexibility index (Phi) is 11.3. The first-order valence-corrected chi connectivity index (χ1v) is 13.9. The molecule has 0 heterocycles. The summed E-state index contributed by atoms with van der Waals surface area (Å²) < 4.78 is 69.4. The molecule has 40 heavy (non-hydrogen) atoms. The molecule has 1 amide bonds. The van der Waals surface area contributed by atoms with Crippen LogP contribution < -0.4 is 5.32 Å². The minimum atomic E-state index is -4.67. The van der Waals surface area contributed by atoms with E-state index < -0.39 is 52.1 Å². The zero-order valence-corrected chi connectivity index (χ0v) is 24.1. The summed E-state index contributed by atoms with van der Waals surface area (Å²) in [6.07, 6.45) is -4.91. The van der Waals surface area contributed by atoms with Gasteiger partial charge in [0, 0.05) is 9.79 Å². The van der Waals surface area contributed by atoms with E-state index in [0.717, 1.165) is 18.2 Å². The van der Waals surface area contributed by atoms with Gasteiger partial charge in [0.2, 0.25) is 0 Å². The predicted octanol–water partition coefficient (Wildman–Crippen LogP) is 6.84. The van der Waals surface area contributed by atoms with E-state index in [-0.39, 0.29) is 46.2 Å². The van der Waals surface area contributed by atoms with Crippen LogP contribution in [0.15, 0.2) is 46.2 Å². The molecule has 8 nitrogen and oxygen atoms in total. The fourth-order valence-corrected chi connectivity index (χ4v) is 4.99. The molecule has 0 radical (unpaired) electrons. The number of hydrogen-bond donors (Lipinski definition) is 1. The van der Waals surface area contributed by atoms with Crippen LogP contribution in [-0.2, 0) is 36.0 Å². The molecule has 0 spiro atoms. The van der Waals surface area contributed by atoms with Crippen molar-refractivity contribution in [2.24, 2.45) is 0 Å². The lowest BCUT2D eigenvalue weighted by Crippen LogP contribution is -2.28. The third-order valence-corrected chi connectivity index (χ3v) is 6.72. The molecule has 12 heteroatoms. The second-order valence-corrected chi connectivity index (χ2v) is 11.2. The van der Waals surface area contributed by atoms with Crippen LogP contribution in [0.3, 0.4) is 0 Å². The molecule has 0 bridgehead atoms. The molecule has 220 valence electrons. The summed E-state index contributed by atoms with van der Waals surface area (Å²) in [5, 5.41) is 2.47. The van der Waals surface area contributed by atoms with E-state index in [9.17, 15) is 31.8 Å². The van der Waals surface area contributed by atoms with Crippen LogP contribution in [0.4, 0.5) is 23.7 Å². The Morgan fingerprint density at radius 2 is 1.60 bits per heavy atom. The minimum absolute atomic E-state index is 0.0279. The molecule has 0 fully saturated rings. The van der Waals surface area contributed by atoms with Gasteiger partial charge in [-0.1, -0.05) is 19.4 Å². The molecule has 0 aliphatic rings. The maximum absolute atomic E-state index is 13.6. The monoisotopic (exact) mass is 585 g/mol. The van der Waals surface area contributed by atoms with Crippen LogP contribution in [0.5, 0.6) is 0 Å². The summed E-state index contributed by atoms with van der Waals surface area (Å²) in [5.74, 6) is -2.56. The molecule has 2 aromatic rings. The van der Waals surface area contributed by atoms with Gasteiger partial charge in [0.1, 0.15) is 5.60 Å². The van der Waals surface area contributed by atoms with E-state index in [0.29, 0.717) is 6.42 Å². The van der Waals surface area contributed by atoms with Crippen molar-refractivity contribution in [3.63, 3.8) is 0 Å². The molecular formula is C28H34F3NO7S. The number of benzene rings is 2. The molecule has 2 rings (SSSR count). The number of hydrogen-bond acceptors (Lipinski definition) is 7. The average molecular weight is 586 g/mol. The van der Waals surface area contributed by atoms with Crippen molar-refractivity contribution in [1.82, 2.24) is 0 Å². The summed E-state index contributed by atoms with van der Waals surface area (Å²) in [5.41, 5.74) is -2.20. The van der Waals surface area contributed by atoms with Gasteiger partial charge in [-0.3, -0.25) is 10.1 Å². The Hall–Kier alpha value is -3.41. The first-order chi connectivity index (χ1) is 18.6. The topological polar surface area (TPSA) is 108 Å². The highest BCUT2D eigenvalue weighted by Crippen LogP contribution is 2.36. The van der Waals surface area contributed by atoms with Gasteiger partial charge >= 0.3 is 24.2 Å². The Balaban J connectivity index is 2.85. The largest absolute Gasteiger partial charge is 0.466 e. The maximum atomic E-state index is 13.6. The summed E-state index contributed by atoms with van der Waals surface area (Å²) in [6.45, 7) is 9.89. The fourth-order valence-electron chi connectivity index (χ4n) is 3.82. The number of amides is 1. The average Bonchev–Trinajstić information content (AvgIpc) is 2.85. The van der Waals surface area contributed by atoms with E-state index in [4.69, 9.17) is 14.2 Å². The van der Waals surface area contributed by atoms with Gasteiger partial charge in [-0.05, 0) is 76.9 Å². The minimum Gasteiger partial charge on any atom is -0.466 e. The fraction of sp³-hybridized carbons (Fsp3) is 0.464. The van der Waals surface area contributed by atoms with Crippen molar-refractivity contribution in [2.45, 2.75) is 81.9 Å². The summed E-state index contributed by atoms with van der Waals surface area (Å²) in [4.78, 5) is 38.7. The first kappa shape index (κ1) is 32.8. The molecule has 2 unspecified atom stereocenters. The zero-order valence-electron chi connectivity index (χ0n) is 23.3. The van der Waals surface area contributed by atoms with Crippen LogP contribution in [0.2, 0.25) is 0 Å². The van der Waals surface area contributed by atoms with Gasteiger partial charge in [0.25, 0.3) is 0 Å². The Morgan fingerprint density at radius 3 is 2.15 bits per heavy atom. The molecule has 0 aliphatic heterocycles. The Bertz CT molecular complexity index is 1260. The standard InChI is InChI=1S/C28H34F3NO7S/c1-7-11-20(24(33)37-8-2)21-15-19(40(36)18-13-10-12-17(14-18)28(29,30)31)16-22(23(21)25(34)38-9-3)32-26(35)39-27(4,5)6/h10,12-16,20H,7-9,11H2,1-6H3,(H,32,35). The maximum Gasteiger partial charge on any atom is 0.416 e. The second kappa shape index (κ2) is 13.8. The lowest BCUT2D eigenvalue weighted by Gasteiger charge is -2.23. The number of carbonyl (C=O) groups is 3. The number of carbonyl (C=O) groups excluding carboxylic acids is 3. The van der Waals surface area contributed by atoms with Crippen molar-refractivity contribution < 1.29 is 46.0 Å². The number of esters is 2. The van der Waals surface area contributed by atoms with Crippen molar-refractivity contribution in [2.75, 3.05) is 18.5 Å². The van der Waals surface area contributed by atoms with Crippen molar-refractivity contribution in [3.8, 4) is 0 Å². The van der Waals surface area contributed by atoms with Gasteiger partial charge in [0.05, 0.1) is 46.7 Å². The molecule has 2 atom stereocenters. The first-order valence-electron chi connectivity index (χ1n) is 12.7. The Labute approximate surface area is 234 Å². The van der Waals surface area contributed by atoms with E-state index in [1.54, 1.807) is 41.5 Å². The van der Waals surface area contributed by atoms with Gasteiger partial charge in [-0.2, -0.15) is 13.2 Å². The highest BCUT2D eigenvalue weighted by Gasteiger charge is 2.33. The number of ether oxygens (including phenoxy) is 3. The predicted molar refractivity (Wildman–Crippen MR) is 143 cm³/mol. The van der Waals surface area contributed by atoms with Gasteiger partial charge < -0.3 is 14.2 Å². The SMILES string of the molecule is CCCC(C(=O)OCC)c1cc(S(=O)c2cccc(C(F)(F)F)c2)cc(NC(=O)OC(C)(C)C)c1C(=O)OCC. The number of halogens is 3. The van der Waals surface area contributed by atoms with Crippen LogP contribution in [0, 0.1) is 0 Å². The van der Waals surface area contributed by atoms with Crippen LogP contribution in [0.25, 0.3) is 0 Å². The van der Waals surface area contributed by atoms with Crippen LogP contribution >= 0.6 is 0 Å². The third-order valence-electron chi connectivity index (χ3n) is 5.37. The molecule has 1 N–H and O–H groups in total. The van der Waals surface area contributed by atoms with E-state index in [1.807, 2.05) is 0 Å². The quantitative estimate of drug-likeness (QED) is 0.240. The van der Waals surface area contributed by atoms with E-state index in [2.05, 4.69) is 5.32 Å².